The van der Waals surface area contributed by atoms with Gasteiger partial charge in [0.1, 0.15) is 5.82 Å². The Kier molecular flexibility index (Phi) is 4.68. The summed E-state index contributed by atoms with van der Waals surface area (Å²) in [5.74, 6) is 0.499. The number of nitrogens with one attached hydrogen (secondary N) is 1. The largest absolute Gasteiger partial charge is 0.310 e. The van der Waals surface area contributed by atoms with Crippen LogP contribution in [0.1, 0.15) is 18.1 Å². The zero-order chi connectivity index (χ0) is 13.7. The fourth-order valence-electron chi connectivity index (χ4n) is 1.74. The number of anilines is 1. The molecule has 3 nitrogen and oxygen atoms in total. The van der Waals surface area contributed by atoms with E-state index in [0.717, 1.165) is 16.5 Å². The Balaban J connectivity index is 1.97. The number of halogens is 1. The number of aromatic nitrogens is 1. The van der Waals surface area contributed by atoms with Gasteiger partial charge in [0, 0.05) is 10.7 Å². The molecule has 1 aromatic carbocycles. The van der Waals surface area contributed by atoms with Crippen LogP contribution in [0, 0.1) is 0 Å². The van der Waals surface area contributed by atoms with Crippen molar-refractivity contribution < 1.29 is 4.79 Å². The Morgan fingerprint density at radius 1 is 1.21 bits per heavy atom. The van der Waals surface area contributed by atoms with Gasteiger partial charge in [-0.25, -0.2) is 4.98 Å². The van der Waals surface area contributed by atoms with Gasteiger partial charge >= 0.3 is 0 Å². The van der Waals surface area contributed by atoms with Crippen molar-refractivity contribution in [2.75, 3.05) is 5.32 Å². The Morgan fingerprint density at radius 3 is 2.53 bits per heavy atom. The summed E-state index contributed by atoms with van der Waals surface area (Å²) in [6, 6.07) is 11.7. The van der Waals surface area contributed by atoms with Crippen molar-refractivity contribution in [1.82, 2.24) is 4.98 Å². The normalized spacial score (nSPS) is 10.2. The molecule has 0 atom stereocenters. The van der Waals surface area contributed by atoms with E-state index in [1.54, 1.807) is 12.3 Å². The Hall–Kier alpha value is -1.68. The number of carbonyl (C=O) groups is 1. The highest BCUT2D eigenvalue weighted by Crippen LogP contribution is 2.13. The van der Waals surface area contributed by atoms with E-state index in [2.05, 4.69) is 45.3 Å². The van der Waals surface area contributed by atoms with Crippen LogP contribution >= 0.6 is 15.9 Å². The van der Waals surface area contributed by atoms with E-state index < -0.39 is 0 Å². The molecule has 0 radical (unpaired) electrons. The number of hydrogen-bond acceptors (Lipinski definition) is 2. The highest BCUT2D eigenvalue weighted by atomic mass is 79.9. The predicted molar refractivity (Wildman–Crippen MR) is 80.1 cm³/mol. The fraction of sp³-hybridized carbons (Fsp3) is 0.200. The first kappa shape index (κ1) is 13.7. The van der Waals surface area contributed by atoms with Gasteiger partial charge in [-0.1, -0.05) is 47.1 Å². The van der Waals surface area contributed by atoms with Crippen LogP contribution < -0.4 is 5.32 Å². The van der Waals surface area contributed by atoms with Crippen molar-refractivity contribution in [1.29, 1.82) is 0 Å². The van der Waals surface area contributed by atoms with Gasteiger partial charge in [0.05, 0.1) is 6.42 Å². The topological polar surface area (TPSA) is 42.0 Å². The number of amides is 1. The van der Waals surface area contributed by atoms with E-state index >= 15 is 0 Å². The van der Waals surface area contributed by atoms with Gasteiger partial charge in [0.25, 0.3) is 0 Å². The molecule has 0 aliphatic carbocycles. The van der Waals surface area contributed by atoms with Crippen LogP contribution in [-0.4, -0.2) is 10.9 Å². The summed E-state index contributed by atoms with van der Waals surface area (Å²) in [7, 11) is 0. The Bertz CT molecular complexity index is 567. The molecule has 2 rings (SSSR count). The van der Waals surface area contributed by atoms with E-state index in [4.69, 9.17) is 0 Å². The van der Waals surface area contributed by atoms with E-state index in [9.17, 15) is 4.79 Å². The standard InChI is InChI=1S/C15H15BrN2O/c1-2-11-3-5-12(6-4-11)9-15(19)18-14-10-13(16)7-8-17-14/h3-8,10H,2,9H2,1H3,(H,17,18,19). The SMILES string of the molecule is CCc1ccc(CC(=O)Nc2cc(Br)ccn2)cc1. The molecule has 1 amide bonds. The van der Waals surface area contributed by atoms with Gasteiger partial charge in [-0.3, -0.25) is 4.79 Å². The second-order valence-electron chi connectivity index (χ2n) is 4.25. The molecule has 1 aromatic heterocycles. The van der Waals surface area contributed by atoms with Crippen LogP contribution in [0.3, 0.4) is 0 Å². The molecule has 19 heavy (non-hydrogen) atoms. The quantitative estimate of drug-likeness (QED) is 0.936. The lowest BCUT2D eigenvalue weighted by Crippen LogP contribution is -2.15. The molecule has 0 saturated heterocycles. The van der Waals surface area contributed by atoms with Gasteiger partial charge in [0.2, 0.25) is 5.91 Å². The highest BCUT2D eigenvalue weighted by Gasteiger charge is 2.05. The summed E-state index contributed by atoms with van der Waals surface area (Å²) < 4.78 is 0.894. The van der Waals surface area contributed by atoms with Crippen molar-refractivity contribution >= 4 is 27.7 Å². The number of rotatable bonds is 4. The van der Waals surface area contributed by atoms with E-state index in [1.165, 1.54) is 5.56 Å². The van der Waals surface area contributed by atoms with Crippen molar-refractivity contribution in [3.63, 3.8) is 0 Å². The van der Waals surface area contributed by atoms with Gasteiger partial charge in [-0.15, -0.1) is 0 Å². The molecule has 0 aliphatic heterocycles. The Labute approximate surface area is 121 Å². The van der Waals surface area contributed by atoms with Crippen LogP contribution in [0.4, 0.5) is 5.82 Å². The number of benzene rings is 1. The molecule has 0 fully saturated rings. The minimum atomic E-state index is -0.0603. The number of nitrogens with zero attached hydrogens (tertiary/aromatic N) is 1. The second kappa shape index (κ2) is 6.48. The zero-order valence-corrected chi connectivity index (χ0v) is 12.3. The third-order valence-corrected chi connectivity index (χ3v) is 3.28. The number of hydrogen-bond donors (Lipinski definition) is 1. The van der Waals surface area contributed by atoms with Gasteiger partial charge in [-0.2, -0.15) is 0 Å². The monoisotopic (exact) mass is 318 g/mol. The number of pyridine rings is 1. The zero-order valence-electron chi connectivity index (χ0n) is 10.7. The number of aryl methyl sites for hydroxylation is 1. The first-order chi connectivity index (χ1) is 9.17. The molecule has 0 unspecified atom stereocenters. The lowest BCUT2D eigenvalue weighted by atomic mass is 10.1. The van der Waals surface area contributed by atoms with Crippen molar-refractivity contribution in [3.8, 4) is 0 Å². The first-order valence-electron chi connectivity index (χ1n) is 6.16. The van der Waals surface area contributed by atoms with Crippen molar-refractivity contribution in [2.24, 2.45) is 0 Å². The average molecular weight is 319 g/mol. The summed E-state index contributed by atoms with van der Waals surface area (Å²) in [6.07, 6.45) is 3.02. The minimum Gasteiger partial charge on any atom is -0.310 e. The van der Waals surface area contributed by atoms with Crippen molar-refractivity contribution in [3.05, 3.63) is 58.2 Å². The molecule has 4 heteroatoms. The molecule has 1 N–H and O–H groups in total. The van der Waals surface area contributed by atoms with Gasteiger partial charge < -0.3 is 5.32 Å². The summed E-state index contributed by atoms with van der Waals surface area (Å²) in [5, 5.41) is 2.78. The van der Waals surface area contributed by atoms with Crippen LogP contribution in [0.25, 0.3) is 0 Å². The van der Waals surface area contributed by atoms with Gasteiger partial charge in [-0.05, 0) is 29.7 Å². The summed E-state index contributed by atoms with van der Waals surface area (Å²) in [4.78, 5) is 16.0. The average Bonchev–Trinajstić information content (AvgIpc) is 2.39. The molecular weight excluding hydrogens is 304 g/mol. The molecule has 0 spiro atoms. The molecular formula is C15H15BrN2O. The van der Waals surface area contributed by atoms with Crippen LogP contribution in [0.2, 0.25) is 0 Å². The van der Waals surface area contributed by atoms with Gasteiger partial charge in [0.15, 0.2) is 0 Å². The molecule has 2 aromatic rings. The lowest BCUT2D eigenvalue weighted by molar-refractivity contribution is -0.115. The summed E-state index contributed by atoms with van der Waals surface area (Å²) in [5.41, 5.74) is 2.28. The smallest absolute Gasteiger partial charge is 0.229 e. The molecule has 1 heterocycles. The minimum absolute atomic E-state index is 0.0603. The Morgan fingerprint density at radius 2 is 1.89 bits per heavy atom. The van der Waals surface area contributed by atoms with Crippen LogP contribution in [0.15, 0.2) is 47.1 Å². The maximum absolute atomic E-state index is 11.9. The van der Waals surface area contributed by atoms with Crippen LogP contribution in [-0.2, 0) is 17.6 Å². The second-order valence-corrected chi connectivity index (χ2v) is 5.17. The number of carbonyl (C=O) groups excluding carboxylic acids is 1. The third kappa shape index (κ3) is 4.17. The summed E-state index contributed by atoms with van der Waals surface area (Å²) >= 11 is 3.34. The molecule has 0 saturated carbocycles. The predicted octanol–water partition coefficient (Wildman–Crippen LogP) is 3.59. The van der Waals surface area contributed by atoms with E-state index in [1.807, 2.05) is 18.2 Å². The molecule has 98 valence electrons. The summed E-state index contributed by atoms with van der Waals surface area (Å²) in [6.45, 7) is 2.11. The maximum Gasteiger partial charge on any atom is 0.229 e. The maximum atomic E-state index is 11.9. The van der Waals surface area contributed by atoms with E-state index in [0.29, 0.717) is 12.2 Å². The third-order valence-electron chi connectivity index (χ3n) is 2.79. The lowest BCUT2D eigenvalue weighted by Gasteiger charge is -2.05. The van der Waals surface area contributed by atoms with Crippen LogP contribution in [0.5, 0.6) is 0 Å². The van der Waals surface area contributed by atoms with E-state index in [-0.39, 0.29) is 5.91 Å². The molecule has 0 bridgehead atoms. The highest BCUT2D eigenvalue weighted by molar-refractivity contribution is 9.10. The first-order valence-corrected chi connectivity index (χ1v) is 6.96. The molecule has 0 aliphatic rings. The fourth-order valence-corrected chi connectivity index (χ4v) is 2.07. The van der Waals surface area contributed by atoms with Crippen molar-refractivity contribution in [2.45, 2.75) is 19.8 Å².